The second-order valence-electron chi connectivity index (χ2n) is 4.13. The van der Waals surface area contributed by atoms with Crippen molar-refractivity contribution in [3.8, 4) is 0 Å². The van der Waals surface area contributed by atoms with E-state index >= 15 is 0 Å². The van der Waals surface area contributed by atoms with Gasteiger partial charge in [-0.3, -0.25) is 9.89 Å². The van der Waals surface area contributed by atoms with Gasteiger partial charge in [-0.25, -0.2) is 0 Å². The van der Waals surface area contributed by atoms with Gasteiger partial charge < -0.3 is 16.2 Å². The first-order chi connectivity index (χ1) is 7.43. The number of aromatic nitrogens is 2. The highest BCUT2D eigenvalue weighted by Crippen LogP contribution is 2.11. The number of aromatic amines is 1. The number of aryl methyl sites for hydroxylation is 1. The van der Waals surface area contributed by atoms with Crippen molar-refractivity contribution in [1.29, 1.82) is 0 Å². The SMILES string of the molecule is Cc1[nH]nc(C(=O)NCC(O)C(C)C)c1N. The van der Waals surface area contributed by atoms with Crippen LogP contribution < -0.4 is 11.1 Å². The van der Waals surface area contributed by atoms with Crippen molar-refractivity contribution in [2.45, 2.75) is 26.9 Å². The maximum absolute atomic E-state index is 11.6. The number of nitrogens with two attached hydrogens (primary N) is 1. The molecule has 0 saturated heterocycles. The average molecular weight is 226 g/mol. The zero-order valence-electron chi connectivity index (χ0n) is 9.74. The van der Waals surface area contributed by atoms with E-state index in [0.717, 1.165) is 0 Å². The zero-order chi connectivity index (χ0) is 12.3. The number of nitrogen functional groups attached to an aromatic ring is 1. The maximum Gasteiger partial charge on any atom is 0.274 e. The summed E-state index contributed by atoms with van der Waals surface area (Å²) in [5.74, 6) is -0.278. The Kier molecular flexibility index (Phi) is 3.89. The lowest BCUT2D eigenvalue weighted by atomic mass is 10.1. The molecule has 0 bridgehead atoms. The summed E-state index contributed by atoms with van der Waals surface area (Å²) in [6.07, 6.45) is -0.565. The molecule has 0 fully saturated rings. The van der Waals surface area contributed by atoms with Gasteiger partial charge in [-0.1, -0.05) is 13.8 Å². The summed E-state index contributed by atoms with van der Waals surface area (Å²) in [5.41, 5.74) is 6.83. The monoisotopic (exact) mass is 226 g/mol. The molecule has 1 rings (SSSR count). The zero-order valence-corrected chi connectivity index (χ0v) is 9.74. The summed E-state index contributed by atoms with van der Waals surface area (Å²) in [6, 6.07) is 0. The Bertz CT molecular complexity index is 373. The van der Waals surface area contributed by atoms with Crippen LogP contribution in [0.1, 0.15) is 30.0 Å². The molecule has 0 aliphatic rings. The second-order valence-corrected chi connectivity index (χ2v) is 4.13. The Balaban J connectivity index is 2.57. The number of hydrogen-bond acceptors (Lipinski definition) is 4. The van der Waals surface area contributed by atoms with Crippen LogP contribution in [0.15, 0.2) is 0 Å². The summed E-state index contributed by atoms with van der Waals surface area (Å²) < 4.78 is 0. The smallest absolute Gasteiger partial charge is 0.274 e. The molecule has 16 heavy (non-hydrogen) atoms. The van der Waals surface area contributed by atoms with E-state index < -0.39 is 6.10 Å². The third kappa shape index (κ3) is 2.73. The number of carbonyl (C=O) groups is 1. The van der Waals surface area contributed by atoms with Gasteiger partial charge in [-0.05, 0) is 12.8 Å². The first kappa shape index (κ1) is 12.5. The predicted molar refractivity (Wildman–Crippen MR) is 60.9 cm³/mol. The number of anilines is 1. The highest BCUT2D eigenvalue weighted by atomic mass is 16.3. The summed E-state index contributed by atoms with van der Waals surface area (Å²) in [6.45, 7) is 5.69. The summed E-state index contributed by atoms with van der Waals surface area (Å²) in [4.78, 5) is 11.6. The number of carbonyl (C=O) groups excluding carboxylic acids is 1. The standard InChI is InChI=1S/C10H18N4O2/c1-5(2)7(15)4-12-10(16)9-8(11)6(3)13-14-9/h5,7,15H,4,11H2,1-3H3,(H,12,16)(H,13,14). The first-order valence-electron chi connectivity index (χ1n) is 5.20. The number of amides is 1. The van der Waals surface area contributed by atoms with E-state index in [-0.39, 0.29) is 24.1 Å². The molecule has 90 valence electrons. The van der Waals surface area contributed by atoms with E-state index in [1.807, 2.05) is 13.8 Å². The molecule has 0 aliphatic carbocycles. The number of aliphatic hydroxyl groups excluding tert-OH is 1. The molecule has 1 aromatic rings. The molecular weight excluding hydrogens is 208 g/mol. The van der Waals surface area contributed by atoms with Crippen LogP contribution in [0.4, 0.5) is 5.69 Å². The Morgan fingerprint density at radius 1 is 1.62 bits per heavy atom. The van der Waals surface area contributed by atoms with Crippen LogP contribution in [0.2, 0.25) is 0 Å². The van der Waals surface area contributed by atoms with E-state index in [4.69, 9.17) is 5.73 Å². The van der Waals surface area contributed by atoms with Crippen LogP contribution >= 0.6 is 0 Å². The lowest BCUT2D eigenvalue weighted by Crippen LogP contribution is -2.35. The van der Waals surface area contributed by atoms with Crippen molar-refractivity contribution in [2.24, 2.45) is 5.92 Å². The number of rotatable bonds is 4. The topological polar surface area (TPSA) is 104 Å². The molecule has 0 aliphatic heterocycles. The first-order valence-corrected chi connectivity index (χ1v) is 5.20. The van der Waals surface area contributed by atoms with Gasteiger partial charge >= 0.3 is 0 Å². The molecule has 0 aromatic carbocycles. The maximum atomic E-state index is 11.6. The average Bonchev–Trinajstić information content (AvgIpc) is 2.55. The van der Waals surface area contributed by atoms with Gasteiger partial charge in [0.2, 0.25) is 0 Å². The van der Waals surface area contributed by atoms with E-state index in [9.17, 15) is 9.90 Å². The van der Waals surface area contributed by atoms with Crippen molar-refractivity contribution in [2.75, 3.05) is 12.3 Å². The van der Waals surface area contributed by atoms with Crippen LogP contribution in [0.3, 0.4) is 0 Å². The van der Waals surface area contributed by atoms with E-state index in [1.165, 1.54) is 0 Å². The molecule has 1 atom stereocenters. The van der Waals surface area contributed by atoms with Crippen LogP contribution in [0.5, 0.6) is 0 Å². The minimum Gasteiger partial charge on any atom is -0.395 e. The normalized spacial score (nSPS) is 12.8. The minimum atomic E-state index is -0.565. The molecule has 1 heterocycles. The van der Waals surface area contributed by atoms with Gasteiger partial charge in [0.1, 0.15) is 0 Å². The molecular formula is C10H18N4O2. The van der Waals surface area contributed by atoms with Crippen LogP contribution in [-0.4, -0.2) is 33.9 Å². The highest BCUT2D eigenvalue weighted by Gasteiger charge is 2.17. The summed E-state index contributed by atoms with van der Waals surface area (Å²) in [7, 11) is 0. The molecule has 0 spiro atoms. The molecule has 5 N–H and O–H groups in total. The lowest BCUT2D eigenvalue weighted by molar-refractivity contribution is 0.0868. The van der Waals surface area contributed by atoms with Crippen molar-refractivity contribution < 1.29 is 9.90 Å². The fourth-order valence-corrected chi connectivity index (χ4v) is 1.13. The Morgan fingerprint density at radius 3 is 2.69 bits per heavy atom. The number of aliphatic hydroxyl groups is 1. The summed E-state index contributed by atoms with van der Waals surface area (Å²) >= 11 is 0. The van der Waals surface area contributed by atoms with E-state index in [1.54, 1.807) is 6.92 Å². The highest BCUT2D eigenvalue weighted by molar-refractivity contribution is 5.97. The van der Waals surface area contributed by atoms with Crippen molar-refractivity contribution >= 4 is 11.6 Å². The largest absolute Gasteiger partial charge is 0.395 e. The Hall–Kier alpha value is -1.56. The van der Waals surface area contributed by atoms with Gasteiger partial charge in [0.15, 0.2) is 5.69 Å². The Morgan fingerprint density at radius 2 is 2.25 bits per heavy atom. The van der Waals surface area contributed by atoms with E-state index in [0.29, 0.717) is 11.4 Å². The van der Waals surface area contributed by atoms with Gasteiger partial charge in [-0.2, -0.15) is 5.10 Å². The van der Waals surface area contributed by atoms with Gasteiger partial charge in [0, 0.05) is 6.54 Å². The molecule has 0 saturated carbocycles. The predicted octanol–water partition coefficient (Wildman–Crippen LogP) is 0.0470. The van der Waals surface area contributed by atoms with Crippen molar-refractivity contribution in [1.82, 2.24) is 15.5 Å². The molecule has 1 aromatic heterocycles. The summed E-state index contributed by atoms with van der Waals surface area (Å²) in [5, 5.41) is 18.5. The van der Waals surface area contributed by atoms with Gasteiger partial charge in [-0.15, -0.1) is 0 Å². The third-order valence-corrected chi connectivity index (χ3v) is 2.45. The minimum absolute atomic E-state index is 0.0959. The second kappa shape index (κ2) is 4.98. The van der Waals surface area contributed by atoms with Crippen molar-refractivity contribution in [3.05, 3.63) is 11.4 Å². The van der Waals surface area contributed by atoms with Crippen LogP contribution in [0, 0.1) is 12.8 Å². The molecule has 6 heteroatoms. The van der Waals surface area contributed by atoms with E-state index in [2.05, 4.69) is 15.5 Å². The number of H-pyrrole nitrogens is 1. The number of nitrogens with one attached hydrogen (secondary N) is 2. The third-order valence-electron chi connectivity index (χ3n) is 2.45. The van der Waals surface area contributed by atoms with Gasteiger partial charge in [0.05, 0.1) is 17.5 Å². The van der Waals surface area contributed by atoms with Crippen molar-refractivity contribution in [3.63, 3.8) is 0 Å². The van der Waals surface area contributed by atoms with Gasteiger partial charge in [0.25, 0.3) is 5.91 Å². The molecule has 6 nitrogen and oxygen atoms in total. The fourth-order valence-electron chi connectivity index (χ4n) is 1.13. The lowest BCUT2D eigenvalue weighted by Gasteiger charge is -2.14. The Labute approximate surface area is 94.2 Å². The number of nitrogens with zero attached hydrogens (tertiary/aromatic N) is 1. The quantitative estimate of drug-likeness (QED) is 0.582. The molecule has 1 unspecified atom stereocenters. The fraction of sp³-hybridized carbons (Fsp3) is 0.600. The number of hydrogen-bond donors (Lipinski definition) is 4. The van der Waals surface area contributed by atoms with Crippen LogP contribution in [0.25, 0.3) is 0 Å². The van der Waals surface area contributed by atoms with Crippen LogP contribution in [-0.2, 0) is 0 Å². The molecule has 0 radical (unpaired) electrons. The molecule has 1 amide bonds.